The highest BCUT2D eigenvalue weighted by atomic mass is 31.2. The van der Waals surface area contributed by atoms with Crippen molar-refractivity contribution in [3.63, 3.8) is 0 Å². The fourth-order valence-electron chi connectivity index (χ4n) is 3.77. The molecule has 28 heavy (non-hydrogen) atoms. The van der Waals surface area contributed by atoms with Crippen LogP contribution in [0.1, 0.15) is 44.5 Å². The monoisotopic (exact) mass is 402 g/mol. The summed E-state index contributed by atoms with van der Waals surface area (Å²) < 4.78 is 25.1. The molecule has 5 heteroatoms. The van der Waals surface area contributed by atoms with Crippen molar-refractivity contribution in [3.05, 3.63) is 54.1 Å². The van der Waals surface area contributed by atoms with E-state index in [-0.39, 0.29) is 16.9 Å². The minimum Gasteiger partial charge on any atom is -0.496 e. The van der Waals surface area contributed by atoms with Gasteiger partial charge in [-0.1, -0.05) is 64.1 Å². The highest BCUT2D eigenvalue weighted by molar-refractivity contribution is 7.87. The van der Waals surface area contributed by atoms with Crippen LogP contribution < -0.4 is 14.8 Å². The van der Waals surface area contributed by atoms with Crippen LogP contribution in [0.3, 0.4) is 0 Å². The Labute approximate surface area is 168 Å². The maximum atomic E-state index is 14.3. The molecule has 0 saturated carbocycles. The molecule has 2 atom stereocenters. The number of carbonyl (C=O) groups excluding carboxylic acids is 1. The number of ether oxygens (including phenoxy) is 2. The van der Waals surface area contributed by atoms with E-state index in [2.05, 4.69) is 27.7 Å². The van der Waals surface area contributed by atoms with Crippen LogP contribution in [0.4, 0.5) is 0 Å². The predicted octanol–water partition coefficient (Wildman–Crippen LogP) is 5.60. The number of rotatable bonds is 8. The van der Waals surface area contributed by atoms with Gasteiger partial charge in [0.25, 0.3) is 0 Å². The number of hydrogen-bond acceptors (Lipinski definition) is 4. The molecular weight excluding hydrogens is 371 g/mol. The van der Waals surface area contributed by atoms with E-state index in [4.69, 9.17) is 9.47 Å². The van der Waals surface area contributed by atoms with Crippen molar-refractivity contribution in [1.82, 2.24) is 0 Å². The molecule has 0 heterocycles. The van der Waals surface area contributed by atoms with Gasteiger partial charge in [0.05, 0.1) is 14.2 Å². The second-order valence-corrected chi connectivity index (χ2v) is 11.2. The Morgan fingerprint density at radius 1 is 0.964 bits per heavy atom. The average Bonchev–Trinajstić information content (AvgIpc) is 2.65. The van der Waals surface area contributed by atoms with Crippen molar-refractivity contribution in [3.8, 4) is 11.5 Å². The molecule has 0 N–H and O–H groups in total. The van der Waals surface area contributed by atoms with E-state index in [0.29, 0.717) is 23.0 Å². The normalized spacial score (nSPS) is 14.8. The topological polar surface area (TPSA) is 52.6 Å². The van der Waals surface area contributed by atoms with Crippen LogP contribution in [0.2, 0.25) is 0 Å². The standard InChI is InChI=1S/C23H31O4P/c1-17(15-23(2,3)4)16-28(25,18-11-8-7-9-12-18)22(24)21-19(26-5)13-10-14-20(21)27-6/h7-14,17H,15-16H2,1-6H3. The van der Waals surface area contributed by atoms with Gasteiger partial charge in [0.15, 0.2) is 7.14 Å². The van der Waals surface area contributed by atoms with Gasteiger partial charge < -0.3 is 14.0 Å². The maximum Gasteiger partial charge on any atom is 0.233 e. The Bertz CT molecular complexity index is 830. The minimum atomic E-state index is -3.41. The Morgan fingerprint density at radius 2 is 1.50 bits per heavy atom. The number of carbonyl (C=O) groups is 1. The van der Waals surface area contributed by atoms with Gasteiger partial charge in [0.1, 0.15) is 17.1 Å². The second-order valence-electron chi connectivity index (χ2n) is 8.47. The van der Waals surface area contributed by atoms with Gasteiger partial charge in [0, 0.05) is 11.5 Å². The molecule has 0 aliphatic carbocycles. The Kier molecular flexibility index (Phi) is 7.11. The molecule has 0 saturated heterocycles. The summed E-state index contributed by atoms with van der Waals surface area (Å²) in [4.78, 5) is 13.7. The van der Waals surface area contributed by atoms with Crippen molar-refractivity contribution in [2.45, 2.75) is 34.1 Å². The van der Waals surface area contributed by atoms with E-state index in [1.807, 2.05) is 18.2 Å². The maximum absolute atomic E-state index is 14.3. The minimum absolute atomic E-state index is 0.0894. The largest absolute Gasteiger partial charge is 0.496 e. The molecule has 0 amide bonds. The molecule has 152 valence electrons. The molecule has 0 aliphatic heterocycles. The van der Waals surface area contributed by atoms with Crippen LogP contribution in [0.25, 0.3) is 0 Å². The Morgan fingerprint density at radius 3 is 1.96 bits per heavy atom. The molecular formula is C23H31O4P. The third-order valence-electron chi connectivity index (χ3n) is 4.67. The molecule has 2 rings (SSSR count). The van der Waals surface area contributed by atoms with E-state index in [0.717, 1.165) is 6.42 Å². The van der Waals surface area contributed by atoms with Crippen LogP contribution in [-0.2, 0) is 4.57 Å². The molecule has 4 nitrogen and oxygen atoms in total. The first-order valence-electron chi connectivity index (χ1n) is 9.53. The molecule has 2 aromatic rings. The van der Waals surface area contributed by atoms with E-state index in [1.54, 1.807) is 30.3 Å². The molecule has 0 aromatic heterocycles. The van der Waals surface area contributed by atoms with Crippen molar-refractivity contribution in [2.75, 3.05) is 20.4 Å². The third-order valence-corrected chi connectivity index (χ3v) is 7.82. The quantitative estimate of drug-likeness (QED) is 0.539. The van der Waals surface area contributed by atoms with Crippen LogP contribution in [0, 0.1) is 11.3 Å². The first-order chi connectivity index (χ1) is 13.1. The number of methoxy groups -OCH3 is 2. The lowest BCUT2D eigenvalue weighted by atomic mass is 9.86. The van der Waals surface area contributed by atoms with Crippen LogP contribution >= 0.6 is 7.14 Å². The lowest BCUT2D eigenvalue weighted by Gasteiger charge is -2.27. The fourth-order valence-corrected chi connectivity index (χ4v) is 6.62. The summed E-state index contributed by atoms with van der Waals surface area (Å²) in [6, 6.07) is 14.2. The van der Waals surface area contributed by atoms with Crippen LogP contribution in [0.15, 0.2) is 48.5 Å². The van der Waals surface area contributed by atoms with Gasteiger partial charge in [-0.15, -0.1) is 0 Å². The number of benzene rings is 2. The molecule has 0 bridgehead atoms. The molecule has 2 aromatic carbocycles. The van der Waals surface area contributed by atoms with Gasteiger partial charge in [0.2, 0.25) is 5.52 Å². The zero-order chi connectivity index (χ0) is 20.9. The summed E-state index contributed by atoms with van der Waals surface area (Å²) in [5.41, 5.74) is -0.0667. The molecule has 2 unspecified atom stereocenters. The Balaban J connectivity index is 2.58. The predicted molar refractivity (Wildman–Crippen MR) is 116 cm³/mol. The Hall–Kier alpha value is -2.06. The molecule has 0 aliphatic rings. The van der Waals surface area contributed by atoms with Gasteiger partial charge in [-0.25, -0.2) is 0 Å². The van der Waals surface area contributed by atoms with Gasteiger partial charge in [-0.2, -0.15) is 0 Å². The molecule has 0 spiro atoms. The van der Waals surface area contributed by atoms with E-state index >= 15 is 0 Å². The zero-order valence-electron chi connectivity index (χ0n) is 17.7. The lowest BCUT2D eigenvalue weighted by Crippen LogP contribution is -2.22. The van der Waals surface area contributed by atoms with Gasteiger partial charge >= 0.3 is 0 Å². The van der Waals surface area contributed by atoms with E-state index in [1.165, 1.54) is 14.2 Å². The van der Waals surface area contributed by atoms with Crippen molar-refractivity contribution < 1.29 is 18.8 Å². The third kappa shape index (κ3) is 5.05. The van der Waals surface area contributed by atoms with E-state index < -0.39 is 12.7 Å². The smallest absolute Gasteiger partial charge is 0.233 e. The fraction of sp³-hybridized carbons (Fsp3) is 0.435. The van der Waals surface area contributed by atoms with Crippen LogP contribution in [-0.4, -0.2) is 25.9 Å². The second kappa shape index (κ2) is 8.96. The average molecular weight is 402 g/mol. The number of hydrogen-bond donors (Lipinski definition) is 0. The summed E-state index contributed by atoms with van der Waals surface area (Å²) in [5, 5.41) is 0.578. The van der Waals surface area contributed by atoms with Crippen molar-refractivity contribution in [2.24, 2.45) is 11.3 Å². The highest BCUT2D eigenvalue weighted by Crippen LogP contribution is 2.53. The summed E-state index contributed by atoms with van der Waals surface area (Å²) in [6.45, 7) is 8.53. The van der Waals surface area contributed by atoms with Gasteiger partial charge in [-0.05, 0) is 29.9 Å². The first-order valence-corrected chi connectivity index (χ1v) is 11.4. The van der Waals surface area contributed by atoms with Crippen molar-refractivity contribution >= 4 is 18.0 Å². The summed E-state index contributed by atoms with van der Waals surface area (Å²) in [6.07, 6.45) is 1.19. The lowest BCUT2D eigenvalue weighted by molar-refractivity contribution is 0.106. The zero-order valence-corrected chi connectivity index (χ0v) is 18.6. The summed E-state index contributed by atoms with van der Waals surface area (Å²) >= 11 is 0. The van der Waals surface area contributed by atoms with Crippen molar-refractivity contribution in [1.29, 1.82) is 0 Å². The summed E-state index contributed by atoms with van der Waals surface area (Å²) in [7, 11) is -0.404. The van der Waals surface area contributed by atoms with Crippen LogP contribution in [0.5, 0.6) is 11.5 Å². The SMILES string of the molecule is COc1cccc(OC)c1C(=O)P(=O)(CC(C)CC(C)(C)C)c1ccccc1. The highest BCUT2D eigenvalue weighted by Gasteiger charge is 2.39. The molecule has 0 fully saturated rings. The molecule has 0 radical (unpaired) electrons. The summed E-state index contributed by atoms with van der Waals surface area (Å²) in [5.74, 6) is 0.878. The van der Waals surface area contributed by atoms with E-state index in [9.17, 15) is 9.36 Å². The van der Waals surface area contributed by atoms with Gasteiger partial charge in [-0.3, -0.25) is 4.79 Å². The first kappa shape index (κ1) is 22.2.